The molecule has 92 valence electrons. The summed E-state index contributed by atoms with van der Waals surface area (Å²) in [5, 5.41) is 2.65. The Kier molecular flexibility index (Phi) is 3.62. The summed E-state index contributed by atoms with van der Waals surface area (Å²) in [6.45, 7) is 0. The Morgan fingerprint density at radius 1 is 1.22 bits per heavy atom. The van der Waals surface area contributed by atoms with Crippen molar-refractivity contribution < 1.29 is 9.18 Å². The Morgan fingerprint density at radius 3 is 2.61 bits per heavy atom. The predicted octanol–water partition coefficient (Wildman–Crippen LogP) is 3.42. The summed E-state index contributed by atoms with van der Waals surface area (Å²) in [7, 11) is 0. The number of nitrogens with one attached hydrogen (secondary N) is 1. The molecule has 0 fully saturated rings. The number of benzene rings is 2. The molecule has 1 amide bonds. The lowest BCUT2D eigenvalue weighted by Gasteiger charge is -2.07. The molecular weight excluding hydrogens is 299 g/mol. The molecule has 18 heavy (non-hydrogen) atoms. The zero-order valence-electron chi connectivity index (χ0n) is 9.28. The van der Waals surface area contributed by atoms with Crippen LogP contribution in [-0.4, -0.2) is 5.91 Å². The van der Waals surface area contributed by atoms with E-state index in [1.807, 2.05) is 0 Å². The number of nitrogen functional groups attached to an aromatic ring is 1. The normalized spacial score (nSPS) is 10.1. The minimum atomic E-state index is -0.382. The van der Waals surface area contributed by atoms with Crippen LogP contribution >= 0.6 is 15.9 Å². The van der Waals surface area contributed by atoms with Gasteiger partial charge in [0, 0.05) is 11.4 Å². The van der Waals surface area contributed by atoms with Gasteiger partial charge in [-0.2, -0.15) is 0 Å². The van der Waals surface area contributed by atoms with E-state index >= 15 is 0 Å². The Bertz CT molecular complexity index is 601. The number of nitrogens with two attached hydrogens (primary N) is 1. The summed E-state index contributed by atoms with van der Waals surface area (Å²) >= 11 is 3.06. The molecule has 0 saturated heterocycles. The molecule has 0 radical (unpaired) electrons. The number of halogens is 2. The molecule has 0 bridgehead atoms. The minimum Gasteiger partial charge on any atom is -0.398 e. The molecule has 0 heterocycles. The van der Waals surface area contributed by atoms with Crippen LogP contribution in [0.5, 0.6) is 0 Å². The summed E-state index contributed by atoms with van der Waals surface area (Å²) in [5.74, 6) is -0.709. The van der Waals surface area contributed by atoms with Crippen LogP contribution in [0.1, 0.15) is 10.4 Å². The highest BCUT2D eigenvalue weighted by Crippen LogP contribution is 2.21. The molecule has 2 aromatic carbocycles. The molecule has 0 aliphatic heterocycles. The molecule has 0 atom stereocenters. The van der Waals surface area contributed by atoms with E-state index in [0.29, 0.717) is 21.4 Å². The van der Waals surface area contributed by atoms with Gasteiger partial charge in [0.1, 0.15) is 5.82 Å². The van der Waals surface area contributed by atoms with Crippen LogP contribution < -0.4 is 11.1 Å². The zero-order chi connectivity index (χ0) is 13.1. The molecule has 0 aromatic heterocycles. The highest BCUT2D eigenvalue weighted by atomic mass is 79.9. The topological polar surface area (TPSA) is 55.1 Å². The maximum Gasteiger partial charge on any atom is 0.257 e. The van der Waals surface area contributed by atoms with Gasteiger partial charge in [0.15, 0.2) is 0 Å². The van der Waals surface area contributed by atoms with Crippen molar-refractivity contribution in [1.82, 2.24) is 0 Å². The fourth-order valence-electron chi connectivity index (χ4n) is 1.48. The van der Waals surface area contributed by atoms with Crippen LogP contribution in [0.3, 0.4) is 0 Å². The second-order valence-electron chi connectivity index (χ2n) is 3.67. The summed E-state index contributed by atoms with van der Waals surface area (Å²) in [6.07, 6.45) is 0. The fraction of sp³-hybridized carbons (Fsp3) is 0. The van der Waals surface area contributed by atoms with Gasteiger partial charge in [-0.15, -0.1) is 0 Å². The van der Waals surface area contributed by atoms with E-state index in [9.17, 15) is 9.18 Å². The van der Waals surface area contributed by atoms with Crippen molar-refractivity contribution >= 4 is 33.2 Å². The highest BCUT2D eigenvalue weighted by molar-refractivity contribution is 9.10. The van der Waals surface area contributed by atoms with Crippen molar-refractivity contribution in [2.75, 3.05) is 11.1 Å². The number of amides is 1. The van der Waals surface area contributed by atoms with E-state index in [2.05, 4.69) is 21.2 Å². The molecule has 0 spiro atoms. The maximum atomic E-state index is 13.0. The van der Waals surface area contributed by atoms with E-state index in [0.717, 1.165) is 0 Å². The van der Waals surface area contributed by atoms with Crippen LogP contribution in [-0.2, 0) is 0 Å². The quantitative estimate of drug-likeness (QED) is 0.835. The van der Waals surface area contributed by atoms with E-state index < -0.39 is 0 Å². The van der Waals surface area contributed by atoms with Crippen LogP contribution in [0.15, 0.2) is 46.9 Å². The Balaban J connectivity index is 2.22. The van der Waals surface area contributed by atoms with Gasteiger partial charge in [0.05, 0.1) is 10.0 Å². The van der Waals surface area contributed by atoms with Crippen molar-refractivity contribution in [3.05, 3.63) is 58.3 Å². The fourth-order valence-corrected chi connectivity index (χ4v) is 1.85. The summed E-state index contributed by atoms with van der Waals surface area (Å²) in [5.41, 5.74) is 6.98. The van der Waals surface area contributed by atoms with Crippen LogP contribution in [0.2, 0.25) is 0 Å². The lowest BCUT2D eigenvalue weighted by molar-refractivity contribution is 0.102. The molecule has 2 aromatic rings. The van der Waals surface area contributed by atoms with Gasteiger partial charge in [0.25, 0.3) is 5.91 Å². The van der Waals surface area contributed by atoms with E-state index in [1.54, 1.807) is 24.3 Å². The van der Waals surface area contributed by atoms with Crippen molar-refractivity contribution in [2.24, 2.45) is 0 Å². The van der Waals surface area contributed by atoms with E-state index in [4.69, 9.17) is 5.73 Å². The van der Waals surface area contributed by atoms with E-state index in [-0.39, 0.29) is 11.7 Å². The summed E-state index contributed by atoms with van der Waals surface area (Å²) in [4.78, 5) is 11.9. The highest BCUT2D eigenvalue weighted by Gasteiger charge is 2.09. The molecular formula is C13H10BrFN2O. The summed E-state index contributed by atoms with van der Waals surface area (Å²) in [6, 6.07) is 11.0. The zero-order valence-corrected chi connectivity index (χ0v) is 10.9. The predicted molar refractivity (Wildman–Crippen MR) is 72.9 cm³/mol. The monoisotopic (exact) mass is 308 g/mol. The maximum absolute atomic E-state index is 13.0. The van der Waals surface area contributed by atoms with E-state index in [1.165, 1.54) is 18.2 Å². The number of hydrogen-bond donors (Lipinski definition) is 2. The van der Waals surface area contributed by atoms with Crippen molar-refractivity contribution in [1.29, 1.82) is 0 Å². The van der Waals surface area contributed by atoms with Gasteiger partial charge in [-0.1, -0.05) is 12.1 Å². The van der Waals surface area contributed by atoms with Gasteiger partial charge < -0.3 is 11.1 Å². The lowest BCUT2D eigenvalue weighted by Crippen LogP contribution is -2.13. The third kappa shape index (κ3) is 2.68. The number of carbonyl (C=O) groups excluding carboxylic acids is 1. The number of rotatable bonds is 2. The number of para-hydroxylation sites is 1. The van der Waals surface area contributed by atoms with Crippen LogP contribution in [0.25, 0.3) is 0 Å². The number of carbonyl (C=O) groups is 1. The Morgan fingerprint density at radius 2 is 1.94 bits per heavy atom. The van der Waals surface area contributed by atoms with Gasteiger partial charge >= 0.3 is 0 Å². The van der Waals surface area contributed by atoms with Crippen molar-refractivity contribution in [3.63, 3.8) is 0 Å². The minimum absolute atomic E-state index is 0.293. The largest absolute Gasteiger partial charge is 0.398 e. The second-order valence-corrected chi connectivity index (χ2v) is 4.52. The van der Waals surface area contributed by atoms with Crippen molar-refractivity contribution in [3.8, 4) is 0 Å². The molecule has 2 rings (SSSR count). The average Bonchev–Trinajstić information content (AvgIpc) is 2.34. The first-order valence-electron chi connectivity index (χ1n) is 5.19. The number of anilines is 2. The lowest BCUT2D eigenvalue weighted by atomic mass is 10.1. The average molecular weight is 309 g/mol. The first-order chi connectivity index (χ1) is 8.58. The van der Waals surface area contributed by atoms with Gasteiger partial charge in [-0.3, -0.25) is 4.79 Å². The smallest absolute Gasteiger partial charge is 0.257 e. The van der Waals surface area contributed by atoms with Crippen molar-refractivity contribution in [2.45, 2.75) is 0 Å². The van der Waals surface area contributed by atoms with Gasteiger partial charge in [-0.05, 0) is 46.3 Å². The number of hydrogen-bond acceptors (Lipinski definition) is 2. The molecule has 0 aliphatic rings. The second kappa shape index (κ2) is 5.18. The Labute approximate surface area is 112 Å². The molecule has 3 N–H and O–H groups in total. The Hall–Kier alpha value is -1.88. The third-order valence-electron chi connectivity index (χ3n) is 2.38. The molecule has 0 unspecified atom stereocenters. The van der Waals surface area contributed by atoms with Crippen LogP contribution in [0, 0.1) is 5.82 Å². The standard InChI is InChI=1S/C13H10BrFN2O/c14-10-7-8(5-6-11(10)15)17-13(18)9-3-1-2-4-12(9)16/h1-7H,16H2,(H,17,18). The van der Waals surface area contributed by atoms with Gasteiger partial charge in [0.2, 0.25) is 0 Å². The SMILES string of the molecule is Nc1ccccc1C(=O)Nc1ccc(F)c(Br)c1. The first-order valence-corrected chi connectivity index (χ1v) is 5.98. The molecule has 3 nitrogen and oxygen atoms in total. The van der Waals surface area contributed by atoms with Crippen LogP contribution in [0.4, 0.5) is 15.8 Å². The molecule has 0 saturated carbocycles. The molecule has 5 heteroatoms. The van der Waals surface area contributed by atoms with Gasteiger partial charge in [-0.25, -0.2) is 4.39 Å². The first kappa shape index (κ1) is 12.6. The molecule has 0 aliphatic carbocycles. The third-order valence-corrected chi connectivity index (χ3v) is 2.99. The summed E-state index contributed by atoms with van der Waals surface area (Å²) < 4.78 is 13.3.